The van der Waals surface area contributed by atoms with Gasteiger partial charge in [0.25, 0.3) is 0 Å². The summed E-state index contributed by atoms with van der Waals surface area (Å²) < 4.78 is 6.43. The van der Waals surface area contributed by atoms with Crippen LogP contribution in [0, 0.1) is 0 Å². The number of rotatable bonds is 5. The van der Waals surface area contributed by atoms with Gasteiger partial charge in [-0.25, -0.2) is 0 Å². The summed E-state index contributed by atoms with van der Waals surface area (Å²) in [4.78, 5) is 2.10. The minimum atomic E-state index is 0.199. The number of nitrogens with zero attached hydrogens (tertiary/aromatic N) is 1. The molecular formula is C17H21BrN2O. The van der Waals surface area contributed by atoms with E-state index in [4.69, 9.17) is 4.74 Å². The van der Waals surface area contributed by atoms with Crippen molar-refractivity contribution in [2.75, 3.05) is 31.4 Å². The summed E-state index contributed by atoms with van der Waals surface area (Å²) in [6.45, 7) is 2.14. The maximum Gasteiger partial charge on any atom is 0.142 e. The number of anilines is 2. The van der Waals surface area contributed by atoms with Gasteiger partial charge in [-0.15, -0.1) is 0 Å². The minimum absolute atomic E-state index is 0.199. The zero-order valence-electron chi connectivity index (χ0n) is 12.9. The van der Waals surface area contributed by atoms with Crippen LogP contribution in [0.1, 0.15) is 18.5 Å². The fourth-order valence-corrected chi connectivity index (χ4v) is 2.53. The molecule has 0 bridgehead atoms. The van der Waals surface area contributed by atoms with Crippen molar-refractivity contribution in [3.05, 3.63) is 52.5 Å². The predicted molar refractivity (Wildman–Crippen MR) is 93.5 cm³/mol. The van der Waals surface area contributed by atoms with Gasteiger partial charge in [0.05, 0.1) is 12.8 Å². The largest absolute Gasteiger partial charge is 0.495 e. The summed E-state index contributed by atoms with van der Waals surface area (Å²) >= 11 is 3.50. The van der Waals surface area contributed by atoms with Crippen molar-refractivity contribution < 1.29 is 4.74 Å². The SMILES string of the molecule is COc1ccc(Br)cc1NC(C)c1ccc(N(C)C)cc1. The van der Waals surface area contributed by atoms with Gasteiger partial charge in [-0.05, 0) is 42.8 Å². The lowest BCUT2D eigenvalue weighted by Crippen LogP contribution is -2.10. The van der Waals surface area contributed by atoms with Crippen LogP contribution in [0.5, 0.6) is 5.75 Å². The minimum Gasteiger partial charge on any atom is -0.495 e. The average Bonchev–Trinajstić information content (AvgIpc) is 2.47. The summed E-state index contributed by atoms with van der Waals surface area (Å²) in [5.74, 6) is 0.843. The molecule has 1 unspecified atom stereocenters. The molecule has 0 radical (unpaired) electrons. The van der Waals surface area contributed by atoms with Crippen molar-refractivity contribution in [2.24, 2.45) is 0 Å². The molecule has 1 atom stereocenters. The Kier molecular flexibility index (Phi) is 5.12. The van der Waals surface area contributed by atoms with Gasteiger partial charge in [-0.2, -0.15) is 0 Å². The topological polar surface area (TPSA) is 24.5 Å². The molecule has 0 saturated carbocycles. The van der Waals surface area contributed by atoms with Crippen molar-refractivity contribution in [1.29, 1.82) is 0 Å². The highest BCUT2D eigenvalue weighted by atomic mass is 79.9. The first-order chi connectivity index (χ1) is 10.0. The van der Waals surface area contributed by atoms with E-state index in [0.29, 0.717) is 0 Å². The second-order valence-corrected chi connectivity index (χ2v) is 6.11. The number of nitrogens with one attached hydrogen (secondary N) is 1. The van der Waals surface area contributed by atoms with E-state index in [1.165, 1.54) is 11.3 Å². The Balaban J connectivity index is 2.17. The molecule has 21 heavy (non-hydrogen) atoms. The molecule has 0 heterocycles. The Morgan fingerprint density at radius 2 is 1.76 bits per heavy atom. The van der Waals surface area contributed by atoms with Crippen LogP contribution in [0.15, 0.2) is 46.9 Å². The Morgan fingerprint density at radius 1 is 1.10 bits per heavy atom. The highest BCUT2D eigenvalue weighted by molar-refractivity contribution is 9.10. The Morgan fingerprint density at radius 3 is 2.33 bits per heavy atom. The average molecular weight is 349 g/mol. The molecule has 0 aliphatic carbocycles. The lowest BCUT2D eigenvalue weighted by Gasteiger charge is -2.19. The van der Waals surface area contributed by atoms with Gasteiger partial charge in [-0.3, -0.25) is 0 Å². The monoisotopic (exact) mass is 348 g/mol. The van der Waals surface area contributed by atoms with Crippen molar-refractivity contribution in [3.63, 3.8) is 0 Å². The molecular weight excluding hydrogens is 328 g/mol. The number of methoxy groups -OCH3 is 1. The van der Waals surface area contributed by atoms with E-state index in [0.717, 1.165) is 15.9 Å². The van der Waals surface area contributed by atoms with E-state index in [1.54, 1.807) is 7.11 Å². The molecule has 0 amide bonds. The number of hydrogen-bond donors (Lipinski definition) is 1. The number of hydrogen-bond acceptors (Lipinski definition) is 3. The van der Waals surface area contributed by atoms with Gasteiger partial charge in [0.15, 0.2) is 0 Å². The van der Waals surface area contributed by atoms with Gasteiger partial charge in [0, 0.05) is 30.3 Å². The van der Waals surface area contributed by atoms with Crippen molar-refractivity contribution in [1.82, 2.24) is 0 Å². The first kappa shape index (κ1) is 15.7. The first-order valence-electron chi connectivity index (χ1n) is 6.88. The maximum absolute atomic E-state index is 5.40. The normalized spacial score (nSPS) is 11.9. The van der Waals surface area contributed by atoms with Crippen LogP contribution in [0.2, 0.25) is 0 Å². The van der Waals surface area contributed by atoms with E-state index in [-0.39, 0.29) is 6.04 Å². The molecule has 0 fully saturated rings. The van der Waals surface area contributed by atoms with Crippen LogP contribution >= 0.6 is 15.9 Å². The van der Waals surface area contributed by atoms with Crippen molar-refractivity contribution in [3.8, 4) is 5.75 Å². The molecule has 4 heteroatoms. The Bertz CT molecular complexity index is 596. The summed E-state index contributed by atoms with van der Waals surface area (Å²) in [7, 11) is 5.77. The fraction of sp³-hybridized carbons (Fsp3) is 0.294. The van der Waals surface area contributed by atoms with Gasteiger partial charge >= 0.3 is 0 Å². The van der Waals surface area contributed by atoms with Gasteiger partial charge in [0.2, 0.25) is 0 Å². The Labute approximate surface area is 135 Å². The highest BCUT2D eigenvalue weighted by Crippen LogP contribution is 2.31. The molecule has 0 aliphatic heterocycles. The molecule has 0 aliphatic rings. The van der Waals surface area contributed by atoms with Crippen molar-refractivity contribution in [2.45, 2.75) is 13.0 Å². The number of halogens is 1. The molecule has 112 valence electrons. The van der Waals surface area contributed by atoms with Crippen LogP contribution in [0.3, 0.4) is 0 Å². The molecule has 2 aromatic carbocycles. The quantitative estimate of drug-likeness (QED) is 0.847. The summed E-state index contributed by atoms with van der Waals surface area (Å²) in [6, 6.07) is 14.7. The van der Waals surface area contributed by atoms with Crippen molar-refractivity contribution >= 4 is 27.3 Å². The Hall–Kier alpha value is -1.68. The molecule has 0 saturated heterocycles. The van der Waals surface area contributed by atoms with Crippen LogP contribution in [0.4, 0.5) is 11.4 Å². The number of benzene rings is 2. The van der Waals surface area contributed by atoms with Gasteiger partial charge in [0.1, 0.15) is 5.75 Å². The third-order valence-electron chi connectivity index (χ3n) is 3.44. The first-order valence-corrected chi connectivity index (χ1v) is 7.68. The van der Waals surface area contributed by atoms with E-state index in [1.807, 2.05) is 32.3 Å². The van der Waals surface area contributed by atoms with E-state index in [9.17, 15) is 0 Å². The number of ether oxygens (including phenoxy) is 1. The molecule has 0 spiro atoms. The lowest BCUT2D eigenvalue weighted by molar-refractivity contribution is 0.416. The van der Waals surface area contributed by atoms with E-state index in [2.05, 4.69) is 57.3 Å². The second kappa shape index (κ2) is 6.85. The van der Waals surface area contributed by atoms with E-state index >= 15 is 0 Å². The molecule has 2 rings (SSSR count). The van der Waals surface area contributed by atoms with E-state index < -0.39 is 0 Å². The van der Waals surface area contributed by atoms with Gasteiger partial charge < -0.3 is 15.0 Å². The third kappa shape index (κ3) is 3.91. The van der Waals surface area contributed by atoms with Crippen LogP contribution < -0.4 is 15.0 Å². The summed E-state index contributed by atoms with van der Waals surface area (Å²) in [6.07, 6.45) is 0. The zero-order chi connectivity index (χ0) is 15.4. The highest BCUT2D eigenvalue weighted by Gasteiger charge is 2.09. The molecule has 0 aromatic heterocycles. The lowest BCUT2D eigenvalue weighted by atomic mass is 10.1. The smallest absolute Gasteiger partial charge is 0.142 e. The summed E-state index contributed by atoms with van der Waals surface area (Å²) in [5.41, 5.74) is 3.42. The van der Waals surface area contributed by atoms with Crippen LogP contribution in [-0.4, -0.2) is 21.2 Å². The van der Waals surface area contributed by atoms with Crippen LogP contribution in [0.25, 0.3) is 0 Å². The molecule has 2 aromatic rings. The standard InChI is InChI=1S/C17H21BrN2O/c1-12(13-5-8-15(9-6-13)20(2)3)19-16-11-14(18)7-10-17(16)21-4/h5-12,19H,1-4H3. The van der Waals surface area contributed by atoms with Crippen LogP contribution in [-0.2, 0) is 0 Å². The second-order valence-electron chi connectivity index (χ2n) is 5.20. The third-order valence-corrected chi connectivity index (χ3v) is 3.94. The zero-order valence-corrected chi connectivity index (χ0v) is 14.4. The summed E-state index contributed by atoms with van der Waals surface area (Å²) in [5, 5.41) is 3.50. The molecule has 1 N–H and O–H groups in total. The predicted octanol–water partition coefficient (Wildman–Crippen LogP) is 4.70. The fourth-order valence-electron chi connectivity index (χ4n) is 2.17. The molecule has 3 nitrogen and oxygen atoms in total. The maximum atomic E-state index is 5.40. The van der Waals surface area contributed by atoms with Gasteiger partial charge in [-0.1, -0.05) is 28.1 Å².